The highest BCUT2D eigenvalue weighted by Crippen LogP contribution is 2.25. The van der Waals surface area contributed by atoms with E-state index in [9.17, 15) is 22.4 Å². The fourth-order valence-electron chi connectivity index (χ4n) is 2.73. The molecule has 1 saturated heterocycles. The number of nitrogens with zero attached hydrogens (tertiary/aromatic N) is 1. The van der Waals surface area contributed by atoms with E-state index in [1.807, 2.05) is 0 Å². The molecule has 1 aromatic carbocycles. The van der Waals surface area contributed by atoms with Crippen LogP contribution in [-0.4, -0.2) is 50.3 Å². The molecule has 1 fully saturated rings. The third-order valence-corrected chi connectivity index (χ3v) is 6.16. The molecule has 0 radical (unpaired) electrons. The van der Waals surface area contributed by atoms with Crippen molar-refractivity contribution in [2.75, 3.05) is 19.6 Å². The van der Waals surface area contributed by atoms with Gasteiger partial charge in [0.25, 0.3) is 5.91 Å². The maximum Gasteiger partial charge on any atom is 0.309 e. The Balaban J connectivity index is 1.93. The molecule has 2 rings (SSSR count). The zero-order valence-electron chi connectivity index (χ0n) is 14.8. The first kappa shape index (κ1) is 20.3. The smallest absolute Gasteiger partial charge is 0.309 e. The number of piperidine rings is 1. The van der Waals surface area contributed by atoms with E-state index in [1.54, 1.807) is 6.92 Å². The molecule has 26 heavy (non-hydrogen) atoms. The Kier molecular flexibility index (Phi) is 6.71. The van der Waals surface area contributed by atoms with Crippen molar-refractivity contribution in [2.24, 2.45) is 5.92 Å². The van der Waals surface area contributed by atoms with Gasteiger partial charge in [-0.1, -0.05) is 0 Å². The van der Waals surface area contributed by atoms with Gasteiger partial charge in [-0.3, -0.25) is 9.59 Å². The Morgan fingerprint density at radius 1 is 1.27 bits per heavy atom. The third-order valence-electron chi connectivity index (χ3n) is 4.25. The van der Waals surface area contributed by atoms with Gasteiger partial charge in [0.1, 0.15) is 5.82 Å². The summed E-state index contributed by atoms with van der Waals surface area (Å²) in [6, 6.07) is 4.64. The Morgan fingerprint density at radius 2 is 1.85 bits per heavy atom. The van der Waals surface area contributed by atoms with Crippen LogP contribution >= 0.6 is 0 Å². The number of carbonyl (C=O) groups excluding carboxylic acids is 2. The average Bonchev–Trinajstić information content (AvgIpc) is 2.62. The average molecular weight is 386 g/mol. The molecule has 0 aliphatic carbocycles. The molecule has 1 atom stereocenters. The van der Waals surface area contributed by atoms with Crippen molar-refractivity contribution in [1.82, 2.24) is 9.62 Å². The van der Waals surface area contributed by atoms with Crippen molar-refractivity contribution in [3.63, 3.8) is 0 Å². The standard InChI is InChI=1S/C17H23FN2O5S/c1-3-19-16(21)12(2)25-17(22)13-8-10-20(11-9-13)26(23,24)15-6-4-14(18)5-7-15/h4-7,12-13H,3,8-11H2,1-2H3,(H,19,21)/t12-/m0/s1. The van der Waals surface area contributed by atoms with Gasteiger partial charge in [-0.25, -0.2) is 12.8 Å². The van der Waals surface area contributed by atoms with Gasteiger partial charge in [-0.2, -0.15) is 4.31 Å². The number of amides is 1. The minimum Gasteiger partial charge on any atom is -0.452 e. The zero-order valence-corrected chi connectivity index (χ0v) is 15.6. The summed E-state index contributed by atoms with van der Waals surface area (Å²) in [5.74, 6) is -1.82. The summed E-state index contributed by atoms with van der Waals surface area (Å²) in [5.41, 5.74) is 0. The van der Waals surface area contributed by atoms with E-state index in [0.717, 1.165) is 12.1 Å². The van der Waals surface area contributed by atoms with Crippen LogP contribution in [0, 0.1) is 11.7 Å². The Morgan fingerprint density at radius 3 is 2.38 bits per heavy atom. The van der Waals surface area contributed by atoms with Crippen LogP contribution in [-0.2, 0) is 24.3 Å². The first-order chi connectivity index (χ1) is 12.3. The quantitative estimate of drug-likeness (QED) is 0.744. The highest BCUT2D eigenvalue weighted by atomic mass is 32.2. The fourth-order valence-corrected chi connectivity index (χ4v) is 4.20. The van der Waals surface area contributed by atoms with E-state index in [4.69, 9.17) is 4.74 Å². The molecular weight excluding hydrogens is 363 g/mol. The van der Waals surface area contributed by atoms with Gasteiger partial charge in [0.05, 0.1) is 10.8 Å². The van der Waals surface area contributed by atoms with Crippen molar-refractivity contribution >= 4 is 21.9 Å². The summed E-state index contributed by atoms with van der Waals surface area (Å²) < 4.78 is 44.5. The van der Waals surface area contributed by atoms with Gasteiger partial charge in [0.15, 0.2) is 6.10 Å². The predicted octanol–water partition coefficient (Wildman–Crippen LogP) is 1.29. The molecule has 1 N–H and O–H groups in total. The molecule has 9 heteroatoms. The molecule has 1 aromatic rings. The number of ether oxygens (including phenoxy) is 1. The number of rotatable bonds is 6. The summed E-state index contributed by atoms with van der Waals surface area (Å²) >= 11 is 0. The van der Waals surface area contributed by atoms with E-state index >= 15 is 0 Å². The topological polar surface area (TPSA) is 92.8 Å². The van der Waals surface area contributed by atoms with Gasteiger partial charge in [0.2, 0.25) is 10.0 Å². The number of halogens is 1. The first-order valence-corrected chi connectivity index (χ1v) is 9.93. The Hall–Kier alpha value is -2.00. The van der Waals surface area contributed by atoms with E-state index in [2.05, 4.69) is 5.32 Å². The van der Waals surface area contributed by atoms with E-state index in [0.29, 0.717) is 19.4 Å². The van der Waals surface area contributed by atoms with Crippen LogP contribution in [0.5, 0.6) is 0 Å². The SMILES string of the molecule is CCNC(=O)[C@H](C)OC(=O)C1CCN(S(=O)(=O)c2ccc(F)cc2)CC1. The van der Waals surface area contributed by atoms with Gasteiger partial charge >= 0.3 is 5.97 Å². The number of nitrogens with one attached hydrogen (secondary N) is 1. The predicted molar refractivity (Wildman–Crippen MR) is 92.1 cm³/mol. The van der Waals surface area contributed by atoms with Gasteiger partial charge in [-0.05, 0) is 51.0 Å². The van der Waals surface area contributed by atoms with Crippen molar-refractivity contribution in [2.45, 2.75) is 37.7 Å². The number of hydrogen-bond donors (Lipinski definition) is 1. The minimum absolute atomic E-state index is 0.0183. The molecule has 0 spiro atoms. The number of carbonyl (C=O) groups is 2. The summed E-state index contributed by atoms with van der Waals surface area (Å²) in [6.45, 7) is 4.03. The van der Waals surface area contributed by atoms with Crippen molar-refractivity contribution in [3.05, 3.63) is 30.1 Å². The van der Waals surface area contributed by atoms with Crippen LogP contribution in [0.25, 0.3) is 0 Å². The Bertz CT molecular complexity index is 743. The van der Waals surface area contributed by atoms with Crippen LogP contribution in [0.1, 0.15) is 26.7 Å². The maximum absolute atomic E-state index is 13.0. The molecule has 1 aliphatic heterocycles. The summed E-state index contributed by atoms with van der Waals surface area (Å²) in [5, 5.41) is 2.57. The molecule has 1 heterocycles. The lowest BCUT2D eigenvalue weighted by Crippen LogP contribution is -2.42. The van der Waals surface area contributed by atoms with Crippen LogP contribution in [0.2, 0.25) is 0 Å². The molecule has 1 amide bonds. The summed E-state index contributed by atoms with van der Waals surface area (Å²) in [4.78, 5) is 23.8. The lowest BCUT2D eigenvalue weighted by molar-refractivity contribution is -0.159. The van der Waals surface area contributed by atoms with Crippen LogP contribution in [0.3, 0.4) is 0 Å². The number of benzene rings is 1. The monoisotopic (exact) mass is 386 g/mol. The summed E-state index contributed by atoms with van der Waals surface area (Å²) in [6.07, 6.45) is -0.272. The minimum atomic E-state index is -3.72. The van der Waals surface area contributed by atoms with Crippen LogP contribution < -0.4 is 5.32 Å². The molecule has 0 aromatic heterocycles. The molecule has 0 unspecified atom stereocenters. The molecule has 7 nitrogen and oxygen atoms in total. The fraction of sp³-hybridized carbons (Fsp3) is 0.529. The maximum atomic E-state index is 13.0. The highest BCUT2D eigenvalue weighted by Gasteiger charge is 2.33. The number of hydrogen-bond acceptors (Lipinski definition) is 5. The molecule has 0 saturated carbocycles. The van der Waals surface area contributed by atoms with E-state index in [-0.39, 0.29) is 23.9 Å². The zero-order chi connectivity index (χ0) is 19.3. The number of esters is 1. The third kappa shape index (κ3) is 4.79. The Labute approximate surface area is 152 Å². The molecule has 0 bridgehead atoms. The van der Waals surface area contributed by atoms with Crippen LogP contribution in [0.4, 0.5) is 4.39 Å². The van der Waals surface area contributed by atoms with Crippen LogP contribution in [0.15, 0.2) is 29.2 Å². The normalized spacial score (nSPS) is 17.5. The van der Waals surface area contributed by atoms with E-state index in [1.165, 1.54) is 23.4 Å². The number of likely N-dealkylation sites (N-methyl/N-ethyl adjacent to an activating group) is 1. The lowest BCUT2D eigenvalue weighted by Gasteiger charge is -2.30. The highest BCUT2D eigenvalue weighted by molar-refractivity contribution is 7.89. The van der Waals surface area contributed by atoms with Gasteiger partial charge in [-0.15, -0.1) is 0 Å². The number of sulfonamides is 1. The van der Waals surface area contributed by atoms with E-state index < -0.39 is 33.8 Å². The summed E-state index contributed by atoms with van der Waals surface area (Å²) in [7, 11) is -3.72. The second-order valence-electron chi connectivity index (χ2n) is 6.11. The first-order valence-electron chi connectivity index (χ1n) is 8.49. The van der Waals surface area contributed by atoms with Gasteiger partial charge < -0.3 is 10.1 Å². The second-order valence-corrected chi connectivity index (χ2v) is 8.04. The van der Waals surface area contributed by atoms with Crippen molar-refractivity contribution < 1.29 is 27.1 Å². The second kappa shape index (κ2) is 8.59. The lowest BCUT2D eigenvalue weighted by atomic mass is 9.98. The molecular formula is C17H23FN2O5S. The van der Waals surface area contributed by atoms with Crippen molar-refractivity contribution in [1.29, 1.82) is 0 Å². The molecule has 1 aliphatic rings. The van der Waals surface area contributed by atoms with Gasteiger partial charge in [0, 0.05) is 19.6 Å². The van der Waals surface area contributed by atoms with Crippen molar-refractivity contribution in [3.8, 4) is 0 Å². The molecule has 144 valence electrons. The largest absolute Gasteiger partial charge is 0.452 e.